The lowest BCUT2D eigenvalue weighted by atomic mass is 10.3. The number of nitrogens with zero attached hydrogens (tertiary/aromatic N) is 5. The van der Waals surface area contributed by atoms with Gasteiger partial charge in [-0.2, -0.15) is 0 Å². The lowest BCUT2D eigenvalue weighted by molar-refractivity contribution is 0.442. The van der Waals surface area contributed by atoms with E-state index in [2.05, 4.69) is 15.1 Å². The summed E-state index contributed by atoms with van der Waals surface area (Å²) >= 11 is 0. The molecule has 0 bridgehead atoms. The van der Waals surface area contributed by atoms with Crippen molar-refractivity contribution in [2.75, 3.05) is 0 Å². The Morgan fingerprint density at radius 2 is 2.22 bits per heavy atom. The van der Waals surface area contributed by atoms with Crippen LogP contribution in [0.25, 0.3) is 11.1 Å². The van der Waals surface area contributed by atoms with Gasteiger partial charge in [-0.15, -0.1) is 0 Å². The molecular weight excluding hydrogens is 234 g/mol. The summed E-state index contributed by atoms with van der Waals surface area (Å²) < 4.78 is 8.30. The average molecular weight is 245 g/mol. The van der Waals surface area contributed by atoms with Crippen LogP contribution >= 0.6 is 0 Å². The first kappa shape index (κ1) is 10.7. The zero-order valence-corrected chi connectivity index (χ0v) is 9.99. The van der Waals surface area contributed by atoms with Crippen LogP contribution in [0.15, 0.2) is 28.0 Å². The van der Waals surface area contributed by atoms with Crippen molar-refractivity contribution in [3.8, 4) is 0 Å². The van der Waals surface area contributed by atoms with E-state index >= 15 is 0 Å². The molecule has 0 saturated carbocycles. The van der Waals surface area contributed by atoms with Crippen LogP contribution in [-0.4, -0.2) is 24.3 Å². The molecular formula is C11H11N5O2. The predicted octanol–water partition coefficient (Wildman–Crippen LogP) is 0.475. The largest absolute Gasteiger partial charge is 0.337 e. The maximum atomic E-state index is 12.2. The van der Waals surface area contributed by atoms with Crippen LogP contribution in [0.4, 0.5) is 0 Å². The first-order chi connectivity index (χ1) is 8.66. The van der Waals surface area contributed by atoms with Gasteiger partial charge in [-0.1, -0.05) is 5.16 Å². The van der Waals surface area contributed by atoms with E-state index < -0.39 is 0 Å². The van der Waals surface area contributed by atoms with Gasteiger partial charge in [0.1, 0.15) is 17.5 Å². The Morgan fingerprint density at radius 1 is 1.39 bits per heavy atom. The summed E-state index contributed by atoms with van der Waals surface area (Å²) in [5.74, 6) is 0.785. The highest BCUT2D eigenvalue weighted by Gasteiger charge is 2.12. The van der Waals surface area contributed by atoms with E-state index in [1.54, 1.807) is 13.1 Å². The minimum absolute atomic E-state index is 0.165. The highest BCUT2D eigenvalue weighted by molar-refractivity contribution is 5.73. The molecule has 0 fully saturated rings. The molecule has 0 N–H and O–H groups in total. The molecule has 0 aliphatic heterocycles. The minimum atomic E-state index is -0.165. The molecule has 7 nitrogen and oxygen atoms in total. The van der Waals surface area contributed by atoms with Crippen molar-refractivity contribution in [2.45, 2.75) is 13.5 Å². The maximum absolute atomic E-state index is 12.2. The van der Waals surface area contributed by atoms with Crippen molar-refractivity contribution >= 4 is 11.1 Å². The average Bonchev–Trinajstić information content (AvgIpc) is 2.91. The van der Waals surface area contributed by atoms with Gasteiger partial charge in [0.25, 0.3) is 11.3 Å². The molecule has 92 valence electrons. The minimum Gasteiger partial charge on any atom is -0.337 e. The summed E-state index contributed by atoms with van der Waals surface area (Å²) in [6.45, 7) is 2.09. The van der Waals surface area contributed by atoms with Crippen molar-refractivity contribution in [3.05, 3.63) is 40.6 Å². The zero-order valence-electron chi connectivity index (χ0n) is 9.99. The van der Waals surface area contributed by atoms with E-state index in [0.29, 0.717) is 17.6 Å². The number of aromatic nitrogens is 5. The van der Waals surface area contributed by atoms with Crippen LogP contribution in [0, 0.1) is 6.92 Å². The number of imidazole rings is 1. The van der Waals surface area contributed by atoms with Crippen LogP contribution < -0.4 is 5.56 Å². The van der Waals surface area contributed by atoms with E-state index in [1.165, 1.54) is 10.9 Å². The van der Waals surface area contributed by atoms with Gasteiger partial charge in [0.2, 0.25) is 0 Å². The maximum Gasteiger partial charge on any atom is 0.267 e. The first-order valence-corrected chi connectivity index (χ1v) is 5.44. The van der Waals surface area contributed by atoms with E-state index in [4.69, 9.17) is 4.52 Å². The number of aryl methyl sites for hydroxylation is 2. The predicted molar refractivity (Wildman–Crippen MR) is 63.1 cm³/mol. The summed E-state index contributed by atoms with van der Waals surface area (Å²) in [5.41, 5.74) is 0.659. The third-order valence-corrected chi connectivity index (χ3v) is 2.87. The highest BCUT2D eigenvalue weighted by Crippen LogP contribution is 2.10. The third-order valence-electron chi connectivity index (χ3n) is 2.87. The topological polar surface area (TPSA) is 78.7 Å². The molecule has 7 heteroatoms. The van der Waals surface area contributed by atoms with Crippen LogP contribution in [0.2, 0.25) is 0 Å². The molecule has 3 rings (SSSR count). The van der Waals surface area contributed by atoms with Gasteiger partial charge in [-0.3, -0.25) is 9.36 Å². The first-order valence-electron chi connectivity index (χ1n) is 5.44. The Balaban J connectivity index is 2.13. The molecule has 0 amide bonds. The van der Waals surface area contributed by atoms with Gasteiger partial charge in [0.15, 0.2) is 0 Å². The Morgan fingerprint density at radius 3 is 2.94 bits per heavy atom. The summed E-state index contributed by atoms with van der Waals surface area (Å²) in [6, 6.07) is 0. The van der Waals surface area contributed by atoms with Crippen LogP contribution in [0.5, 0.6) is 0 Å². The van der Waals surface area contributed by atoms with Gasteiger partial charge in [-0.25, -0.2) is 9.97 Å². The fourth-order valence-corrected chi connectivity index (χ4v) is 1.82. The molecule has 0 radical (unpaired) electrons. The molecule has 3 heterocycles. The van der Waals surface area contributed by atoms with Crippen molar-refractivity contribution in [2.24, 2.45) is 7.05 Å². The second-order valence-corrected chi connectivity index (χ2v) is 4.08. The molecule has 0 aromatic carbocycles. The smallest absolute Gasteiger partial charge is 0.267 e. The van der Waals surface area contributed by atoms with E-state index in [1.807, 2.05) is 17.8 Å². The molecule has 0 spiro atoms. The van der Waals surface area contributed by atoms with Crippen molar-refractivity contribution < 1.29 is 4.52 Å². The lowest BCUT2D eigenvalue weighted by Gasteiger charge is -2.04. The van der Waals surface area contributed by atoms with Gasteiger partial charge < -0.3 is 9.09 Å². The molecule has 0 saturated heterocycles. The van der Waals surface area contributed by atoms with E-state index in [9.17, 15) is 4.79 Å². The molecule has 0 aliphatic carbocycles. The molecule has 0 unspecified atom stereocenters. The second-order valence-electron chi connectivity index (χ2n) is 4.08. The van der Waals surface area contributed by atoms with Crippen molar-refractivity contribution in [1.82, 2.24) is 24.3 Å². The Hall–Kier alpha value is -2.44. The normalized spacial score (nSPS) is 11.2. The summed E-state index contributed by atoms with van der Waals surface area (Å²) in [6.07, 6.45) is 4.97. The lowest BCUT2D eigenvalue weighted by Crippen LogP contribution is -2.22. The number of rotatable bonds is 2. The van der Waals surface area contributed by atoms with Crippen molar-refractivity contribution in [3.63, 3.8) is 0 Å². The summed E-state index contributed by atoms with van der Waals surface area (Å²) in [5, 5.41) is 4.16. The van der Waals surface area contributed by atoms with Crippen LogP contribution in [0.3, 0.4) is 0 Å². The highest BCUT2D eigenvalue weighted by atomic mass is 16.5. The Kier molecular flexibility index (Phi) is 2.26. The number of hydrogen-bond donors (Lipinski definition) is 0. The van der Waals surface area contributed by atoms with Gasteiger partial charge in [0, 0.05) is 19.4 Å². The standard InChI is InChI=1S/C11H11N5O2/c1-7-9-10(18-14-7)13-6-16(11(9)17)5-8-12-3-4-15(8)2/h3-4,6H,5H2,1-2H3. The molecule has 0 atom stereocenters. The van der Waals surface area contributed by atoms with Crippen LogP contribution in [0.1, 0.15) is 11.5 Å². The molecule has 3 aromatic rings. The molecule has 18 heavy (non-hydrogen) atoms. The van der Waals surface area contributed by atoms with E-state index in [-0.39, 0.29) is 11.3 Å². The summed E-state index contributed by atoms with van der Waals surface area (Å²) in [4.78, 5) is 20.5. The van der Waals surface area contributed by atoms with Gasteiger partial charge >= 0.3 is 0 Å². The molecule has 0 aliphatic rings. The van der Waals surface area contributed by atoms with E-state index in [0.717, 1.165) is 5.82 Å². The van der Waals surface area contributed by atoms with Gasteiger partial charge in [0.05, 0.1) is 12.2 Å². The number of hydrogen-bond acceptors (Lipinski definition) is 5. The monoisotopic (exact) mass is 245 g/mol. The fourth-order valence-electron chi connectivity index (χ4n) is 1.82. The SMILES string of the molecule is Cc1noc2ncn(Cc3nccn3C)c(=O)c12. The Bertz CT molecular complexity index is 767. The fraction of sp³-hybridized carbons (Fsp3) is 0.273. The third kappa shape index (κ3) is 1.52. The Labute approximate surface area is 102 Å². The van der Waals surface area contributed by atoms with Crippen molar-refractivity contribution in [1.29, 1.82) is 0 Å². The number of fused-ring (bicyclic) bond motifs is 1. The van der Waals surface area contributed by atoms with Gasteiger partial charge in [-0.05, 0) is 6.92 Å². The van der Waals surface area contributed by atoms with Crippen LogP contribution in [-0.2, 0) is 13.6 Å². The molecule has 3 aromatic heterocycles. The zero-order chi connectivity index (χ0) is 12.7. The quantitative estimate of drug-likeness (QED) is 0.656. The second kappa shape index (κ2) is 3.80. The summed E-state index contributed by atoms with van der Waals surface area (Å²) in [7, 11) is 1.88.